The molecule has 0 bridgehead atoms. The highest BCUT2D eigenvalue weighted by atomic mass is 19.1. The third-order valence-corrected chi connectivity index (χ3v) is 3.10. The van der Waals surface area contributed by atoms with Crippen LogP contribution in [0.4, 0.5) is 4.39 Å². The van der Waals surface area contributed by atoms with Gasteiger partial charge < -0.3 is 9.84 Å². The molecule has 3 heteroatoms. The third-order valence-electron chi connectivity index (χ3n) is 3.10. The molecule has 0 saturated carbocycles. The standard InChI is InChI=1S/C13H17FO2/c1-12(2)9-13(15,7-8-16-12)10-5-3-4-6-11(10)14/h3-6,15H,7-9H2,1-2H3. The SMILES string of the molecule is CC1(C)CC(O)(c2ccccc2F)CCO1. The molecule has 1 unspecified atom stereocenters. The first-order valence-electron chi connectivity index (χ1n) is 5.54. The van der Waals surface area contributed by atoms with Gasteiger partial charge >= 0.3 is 0 Å². The topological polar surface area (TPSA) is 29.5 Å². The molecular weight excluding hydrogens is 207 g/mol. The van der Waals surface area contributed by atoms with Gasteiger partial charge in [0.05, 0.1) is 17.8 Å². The Labute approximate surface area is 95.1 Å². The van der Waals surface area contributed by atoms with Gasteiger partial charge in [0.1, 0.15) is 5.82 Å². The van der Waals surface area contributed by atoms with E-state index in [9.17, 15) is 9.50 Å². The van der Waals surface area contributed by atoms with Gasteiger partial charge in [0, 0.05) is 18.4 Å². The van der Waals surface area contributed by atoms with Crippen molar-refractivity contribution in [1.82, 2.24) is 0 Å². The molecule has 2 rings (SSSR count). The van der Waals surface area contributed by atoms with Crippen molar-refractivity contribution in [2.75, 3.05) is 6.61 Å². The summed E-state index contributed by atoms with van der Waals surface area (Å²) in [6.45, 7) is 4.29. The predicted molar refractivity (Wildman–Crippen MR) is 59.6 cm³/mol. The molecule has 2 nitrogen and oxygen atoms in total. The van der Waals surface area contributed by atoms with Crippen LogP contribution in [0.1, 0.15) is 32.3 Å². The van der Waals surface area contributed by atoms with Crippen LogP contribution in [0, 0.1) is 5.82 Å². The number of halogens is 1. The maximum atomic E-state index is 13.7. The molecule has 88 valence electrons. The Morgan fingerprint density at radius 1 is 1.31 bits per heavy atom. The summed E-state index contributed by atoms with van der Waals surface area (Å²) in [7, 11) is 0. The second kappa shape index (κ2) is 3.82. The van der Waals surface area contributed by atoms with Crippen molar-refractivity contribution in [3.8, 4) is 0 Å². The van der Waals surface area contributed by atoms with Crippen molar-refractivity contribution in [2.24, 2.45) is 0 Å². The number of rotatable bonds is 1. The largest absolute Gasteiger partial charge is 0.385 e. The summed E-state index contributed by atoms with van der Waals surface area (Å²) in [5.41, 5.74) is -1.13. The van der Waals surface area contributed by atoms with E-state index in [1.807, 2.05) is 13.8 Å². The molecule has 1 atom stereocenters. The van der Waals surface area contributed by atoms with Gasteiger partial charge in [0.2, 0.25) is 0 Å². The summed E-state index contributed by atoms with van der Waals surface area (Å²) in [5, 5.41) is 10.5. The van der Waals surface area contributed by atoms with Gasteiger partial charge in [-0.1, -0.05) is 18.2 Å². The van der Waals surface area contributed by atoms with E-state index >= 15 is 0 Å². The Bertz CT molecular complexity index is 389. The van der Waals surface area contributed by atoms with Crippen LogP contribution >= 0.6 is 0 Å². The second-order valence-electron chi connectivity index (χ2n) is 5.05. The Balaban J connectivity index is 2.35. The Morgan fingerprint density at radius 3 is 2.62 bits per heavy atom. The molecule has 1 aromatic carbocycles. The van der Waals surface area contributed by atoms with E-state index in [4.69, 9.17) is 4.74 Å². The monoisotopic (exact) mass is 224 g/mol. The molecule has 0 amide bonds. The maximum absolute atomic E-state index is 13.7. The van der Waals surface area contributed by atoms with Gasteiger partial charge in [-0.2, -0.15) is 0 Å². The number of benzene rings is 1. The molecular formula is C13H17FO2. The fraction of sp³-hybridized carbons (Fsp3) is 0.538. The van der Waals surface area contributed by atoms with E-state index in [0.29, 0.717) is 25.0 Å². The van der Waals surface area contributed by atoms with Gasteiger partial charge in [0.25, 0.3) is 0 Å². The number of hydrogen-bond donors (Lipinski definition) is 1. The van der Waals surface area contributed by atoms with Crippen LogP contribution in [0.25, 0.3) is 0 Å². The Hall–Kier alpha value is -0.930. The summed E-state index contributed by atoms with van der Waals surface area (Å²) >= 11 is 0. The molecule has 1 aromatic rings. The first kappa shape index (κ1) is 11.6. The maximum Gasteiger partial charge on any atom is 0.129 e. The highest BCUT2D eigenvalue weighted by Crippen LogP contribution is 2.40. The highest BCUT2D eigenvalue weighted by molar-refractivity contribution is 5.25. The van der Waals surface area contributed by atoms with Crippen LogP contribution in [0.3, 0.4) is 0 Å². The lowest BCUT2D eigenvalue weighted by molar-refractivity contribution is -0.149. The molecule has 1 aliphatic rings. The molecule has 1 N–H and O–H groups in total. The van der Waals surface area contributed by atoms with E-state index < -0.39 is 11.2 Å². The minimum atomic E-state index is -1.10. The number of ether oxygens (including phenoxy) is 1. The van der Waals surface area contributed by atoms with Crippen LogP contribution in [0.5, 0.6) is 0 Å². The Morgan fingerprint density at radius 2 is 2.00 bits per heavy atom. The summed E-state index contributed by atoms with van der Waals surface area (Å²) in [5.74, 6) is -0.345. The highest BCUT2D eigenvalue weighted by Gasteiger charge is 2.41. The van der Waals surface area contributed by atoms with Gasteiger partial charge in [-0.15, -0.1) is 0 Å². The van der Waals surface area contributed by atoms with E-state index in [0.717, 1.165) is 0 Å². The lowest BCUT2D eigenvalue weighted by atomic mass is 9.79. The summed E-state index contributed by atoms with van der Waals surface area (Å²) in [6.07, 6.45) is 0.859. The average molecular weight is 224 g/mol. The van der Waals surface area contributed by atoms with Crippen molar-refractivity contribution in [2.45, 2.75) is 37.9 Å². The third kappa shape index (κ3) is 2.11. The molecule has 1 fully saturated rings. The lowest BCUT2D eigenvalue weighted by Crippen LogP contribution is -2.44. The molecule has 0 aromatic heterocycles. The molecule has 0 radical (unpaired) electrons. The van der Waals surface area contributed by atoms with Gasteiger partial charge in [-0.05, 0) is 19.9 Å². The Kier molecular flexibility index (Phi) is 2.76. The molecule has 0 spiro atoms. The molecule has 1 saturated heterocycles. The fourth-order valence-corrected chi connectivity index (χ4v) is 2.41. The summed E-state index contributed by atoms with van der Waals surface area (Å²) in [4.78, 5) is 0. The molecule has 1 aliphatic heterocycles. The molecule has 16 heavy (non-hydrogen) atoms. The first-order chi connectivity index (χ1) is 7.43. The lowest BCUT2D eigenvalue weighted by Gasteiger charge is -2.41. The van der Waals surface area contributed by atoms with Crippen LogP contribution in [0.15, 0.2) is 24.3 Å². The molecule has 1 heterocycles. The zero-order chi connectivity index (χ0) is 11.8. The van der Waals surface area contributed by atoms with Crippen LogP contribution in [0.2, 0.25) is 0 Å². The minimum absolute atomic E-state index is 0.345. The smallest absolute Gasteiger partial charge is 0.129 e. The van der Waals surface area contributed by atoms with Crippen molar-refractivity contribution in [3.05, 3.63) is 35.6 Å². The quantitative estimate of drug-likeness (QED) is 0.794. The zero-order valence-corrected chi connectivity index (χ0v) is 9.66. The van der Waals surface area contributed by atoms with Crippen molar-refractivity contribution >= 4 is 0 Å². The predicted octanol–water partition coefficient (Wildman–Crippen LogP) is 2.60. The average Bonchev–Trinajstić information content (AvgIpc) is 2.16. The molecule has 0 aliphatic carbocycles. The fourth-order valence-electron chi connectivity index (χ4n) is 2.41. The van der Waals surface area contributed by atoms with Gasteiger partial charge in [-0.3, -0.25) is 0 Å². The van der Waals surface area contributed by atoms with Crippen LogP contribution < -0.4 is 0 Å². The van der Waals surface area contributed by atoms with Crippen LogP contribution in [-0.2, 0) is 10.3 Å². The minimum Gasteiger partial charge on any atom is -0.385 e. The van der Waals surface area contributed by atoms with Crippen molar-refractivity contribution in [3.63, 3.8) is 0 Å². The summed E-state index contributed by atoms with van der Waals surface area (Å²) in [6, 6.07) is 6.41. The van der Waals surface area contributed by atoms with E-state index in [1.165, 1.54) is 6.07 Å². The van der Waals surface area contributed by atoms with Gasteiger partial charge in [-0.25, -0.2) is 4.39 Å². The van der Waals surface area contributed by atoms with Crippen LogP contribution in [-0.4, -0.2) is 17.3 Å². The van der Waals surface area contributed by atoms with Crippen molar-refractivity contribution in [1.29, 1.82) is 0 Å². The number of aliphatic hydroxyl groups is 1. The first-order valence-corrected chi connectivity index (χ1v) is 5.54. The normalized spacial score (nSPS) is 29.0. The van der Waals surface area contributed by atoms with E-state index in [1.54, 1.807) is 18.2 Å². The van der Waals surface area contributed by atoms with E-state index in [2.05, 4.69) is 0 Å². The second-order valence-corrected chi connectivity index (χ2v) is 5.05. The van der Waals surface area contributed by atoms with Crippen molar-refractivity contribution < 1.29 is 14.2 Å². The summed E-state index contributed by atoms with van der Waals surface area (Å²) < 4.78 is 19.2. The zero-order valence-electron chi connectivity index (χ0n) is 9.66. The number of hydrogen-bond acceptors (Lipinski definition) is 2. The van der Waals surface area contributed by atoms with Gasteiger partial charge in [0.15, 0.2) is 0 Å². The van der Waals surface area contributed by atoms with E-state index in [-0.39, 0.29) is 5.82 Å².